The van der Waals surface area contributed by atoms with Crippen LogP contribution in [0.1, 0.15) is 82.4 Å². The van der Waals surface area contributed by atoms with E-state index in [4.69, 9.17) is 4.74 Å². The number of carbonyl (C=O) groups is 1. The van der Waals surface area contributed by atoms with Crippen molar-refractivity contribution in [3.05, 3.63) is 40.7 Å². The highest BCUT2D eigenvalue weighted by Crippen LogP contribution is 2.32. The maximum Gasteiger partial charge on any atom is 0.236 e. The summed E-state index contributed by atoms with van der Waals surface area (Å²) in [4.78, 5) is 12.4. The number of hydrogen-bond acceptors (Lipinski definition) is 8. The van der Waals surface area contributed by atoms with Crippen molar-refractivity contribution in [1.82, 2.24) is 25.0 Å². The maximum absolute atomic E-state index is 12.4. The Bertz CT molecular complexity index is 1060. The Hall–Kier alpha value is -2.46. The van der Waals surface area contributed by atoms with E-state index in [2.05, 4.69) is 66.4 Å². The Morgan fingerprint density at radius 2 is 1.88 bits per heavy atom. The van der Waals surface area contributed by atoms with Crippen LogP contribution < -0.4 is 10.1 Å². The zero-order valence-corrected chi connectivity index (χ0v) is 21.7. The first kappa shape index (κ1) is 25.2. The van der Waals surface area contributed by atoms with Crippen molar-refractivity contribution in [2.24, 2.45) is 0 Å². The van der Waals surface area contributed by atoms with E-state index in [9.17, 15) is 4.79 Å². The molecule has 0 aliphatic rings. The largest absolute Gasteiger partial charge is 0.482 e. The second kappa shape index (κ2) is 11.6. The summed E-state index contributed by atoms with van der Waals surface area (Å²) in [5.41, 5.74) is 1.16. The van der Waals surface area contributed by atoms with Crippen molar-refractivity contribution in [1.29, 1.82) is 0 Å². The van der Waals surface area contributed by atoms with E-state index in [-0.39, 0.29) is 23.8 Å². The van der Waals surface area contributed by atoms with Gasteiger partial charge in [0.1, 0.15) is 10.8 Å². The third-order valence-electron chi connectivity index (χ3n) is 4.93. The molecule has 1 atom stereocenters. The fourth-order valence-electron chi connectivity index (χ4n) is 3.36. The van der Waals surface area contributed by atoms with Gasteiger partial charge in [0, 0.05) is 12.5 Å². The van der Waals surface area contributed by atoms with E-state index >= 15 is 0 Å². The molecule has 1 amide bonds. The minimum Gasteiger partial charge on any atom is -0.482 e. The number of anilines is 1. The van der Waals surface area contributed by atoms with Gasteiger partial charge in [-0.1, -0.05) is 62.1 Å². The molecule has 0 saturated carbocycles. The first-order valence-electron chi connectivity index (χ1n) is 11.3. The third-order valence-corrected chi connectivity index (χ3v) is 6.77. The molecule has 1 aromatic carbocycles. The lowest BCUT2D eigenvalue weighted by molar-refractivity contribution is -0.113. The number of aryl methyl sites for hydroxylation is 1. The van der Waals surface area contributed by atoms with Crippen LogP contribution in [-0.2, 0) is 11.2 Å². The highest BCUT2D eigenvalue weighted by atomic mass is 32.2. The van der Waals surface area contributed by atoms with E-state index in [1.165, 1.54) is 23.1 Å². The Morgan fingerprint density at radius 1 is 1.12 bits per heavy atom. The Labute approximate surface area is 203 Å². The summed E-state index contributed by atoms with van der Waals surface area (Å²) >= 11 is 2.76. The highest BCUT2D eigenvalue weighted by Gasteiger charge is 2.23. The van der Waals surface area contributed by atoms with Gasteiger partial charge in [-0.2, -0.15) is 0 Å². The molecule has 0 aliphatic heterocycles. The quantitative estimate of drug-likeness (QED) is 0.348. The fraction of sp³-hybridized carbons (Fsp3) is 0.522. The summed E-state index contributed by atoms with van der Waals surface area (Å²) in [6, 6.07) is 8.19. The summed E-state index contributed by atoms with van der Waals surface area (Å²) in [6.07, 6.45) is 1.57. The van der Waals surface area contributed by atoms with Gasteiger partial charge < -0.3 is 9.30 Å². The normalized spacial score (nSPS) is 12.4. The lowest BCUT2D eigenvalue weighted by Crippen LogP contribution is -2.17. The van der Waals surface area contributed by atoms with Crippen LogP contribution in [0.5, 0.6) is 5.75 Å². The summed E-state index contributed by atoms with van der Waals surface area (Å²) in [5, 5.41) is 21.9. The average Bonchev–Trinajstić information content (AvgIpc) is 3.39. The van der Waals surface area contributed by atoms with Gasteiger partial charge in [0.15, 0.2) is 17.1 Å². The first-order chi connectivity index (χ1) is 15.8. The van der Waals surface area contributed by atoms with Gasteiger partial charge >= 0.3 is 0 Å². The first-order valence-corrected chi connectivity index (χ1v) is 13.1. The molecule has 33 heavy (non-hydrogen) atoms. The lowest BCUT2D eigenvalue weighted by Gasteiger charge is -2.21. The van der Waals surface area contributed by atoms with Crippen LogP contribution in [-0.4, -0.2) is 36.6 Å². The number of ether oxygens (including phenoxy) is 1. The SMILES string of the molecule is CCCc1nnc(NC(=O)CSc2nnc(C(C)Oc3ccccc3C(C)C)n2C(C)C)s1. The van der Waals surface area contributed by atoms with E-state index in [1.807, 2.05) is 29.7 Å². The third kappa shape index (κ3) is 6.54. The van der Waals surface area contributed by atoms with Gasteiger partial charge in [-0.3, -0.25) is 10.1 Å². The van der Waals surface area contributed by atoms with Crippen LogP contribution in [0.4, 0.5) is 5.13 Å². The van der Waals surface area contributed by atoms with Crippen molar-refractivity contribution in [3.63, 3.8) is 0 Å². The van der Waals surface area contributed by atoms with E-state index in [0.29, 0.717) is 16.2 Å². The molecule has 2 aromatic heterocycles. The maximum atomic E-state index is 12.4. The number of carbonyl (C=O) groups excluding carboxylic acids is 1. The summed E-state index contributed by atoms with van der Waals surface area (Å²) in [7, 11) is 0. The lowest BCUT2D eigenvalue weighted by atomic mass is 10.0. The number of thioether (sulfide) groups is 1. The monoisotopic (exact) mass is 488 g/mol. The molecule has 0 bridgehead atoms. The van der Waals surface area contributed by atoms with E-state index in [0.717, 1.165) is 35.0 Å². The van der Waals surface area contributed by atoms with Crippen molar-refractivity contribution >= 4 is 34.1 Å². The zero-order chi connectivity index (χ0) is 24.0. The Morgan fingerprint density at radius 3 is 2.58 bits per heavy atom. The molecule has 3 aromatic rings. The second-order valence-corrected chi connectivity index (χ2v) is 10.3. The average molecular weight is 489 g/mol. The van der Waals surface area contributed by atoms with E-state index in [1.54, 1.807) is 0 Å². The standard InChI is InChI=1S/C23H32N6O2S2/c1-7-10-20-25-27-22(33-20)24-19(30)13-32-23-28-26-21(29(23)15(4)5)16(6)31-18-12-9-8-11-17(18)14(2)3/h8-9,11-12,14-16H,7,10,13H2,1-6H3,(H,24,27,30). The smallest absolute Gasteiger partial charge is 0.236 e. The Kier molecular flexibility index (Phi) is 8.85. The predicted molar refractivity (Wildman–Crippen MR) is 133 cm³/mol. The summed E-state index contributed by atoms with van der Waals surface area (Å²) < 4.78 is 8.33. The molecule has 1 unspecified atom stereocenters. The van der Waals surface area contributed by atoms with Crippen LogP contribution in [0, 0.1) is 0 Å². The molecule has 2 heterocycles. The number of rotatable bonds is 11. The second-order valence-electron chi connectivity index (χ2n) is 8.34. The van der Waals surface area contributed by atoms with Crippen LogP contribution in [0.3, 0.4) is 0 Å². The van der Waals surface area contributed by atoms with Crippen LogP contribution in [0.15, 0.2) is 29.4 Å². The van der Waals surface area contributed by atoms with Crippen molar-refractivity contribution < 1.29 is 9.53 Å². The van der Waals surface area contributed by atoms with Gasteiger partial charge in [0.25, 0.3) is 0 Å². The fourth-order valence-corrected chi connectivity index (χ4v) is 5.09. The molecule has 0 fully saturated rings. The zero-order valence-electron chi connectivity index (χ0n) is 20.0. The number of amides is 1. The molecular weight excluding hydrogens is 456 g/mol. The molecule has 0 spiro atoms. The minimum absolute atomic E-state index is 0.117. The molecule has 0 saturated heterocycles. The molecule has 10 heteroatoms. The molecule has 3 rings (SSSR count). The summed E-state index contributed by atoms with van der Waals surface area (Å²) in [6.45, 7) is 12.5. The number of aromatic nitrogens is 5. The van der Waals surface area contributed by atoms with Crippen LogP contribution >= 0.6 is 23.1 Å². The Balaban J connectivity index is 1.68. The van der Waals surface area contributed by atoms with Crippen molar-refractivity contribution in [3.8, 4) is 5.75 Å². The molecule has 1 N–H and O–H groups in total. The van der Waals surface area contributed by atoms with Gasteiger partial charge in [-0.25, -0.2) is 0 Å². The van der Waals surface area contributed by atoms with Gasteiger partial charge in [0.05, 0.1) is 5.75 Å². The molecule has 178 valence electrons. The number of para-hydroxylation sites is 1. The van der Waals surface area contributed by atoms with Crippen LogP contribution in [0.25, 0.3) is 0 Å². The van der Waals surface area contributed by atoms with Gasteiger partial charge in [0.2, 0.25) is 11.0 Å². The van der Waals surface area contributed by atoms with Gasteiger partial charge in [-0.15, -0.1) is 20.4 Å². The number of benzene rings is 1. The topological polar surface area (TPSA) is 94.8 Å². The molecule has 8 nitrogen and oxygen atoms in total. The molecule has 0 aliphatic carbocycles. The van der Waals surface area contributed by atoms with E-state index < -0.39 is 0 Å². The van der Waals surface area contributed by atoms with Crippen LogP contribution in [0.2, 0.25) is 0 Å². The number of nitrogens with zero attached hydrogens (tertiary/aromatic N) is 5. The van der Waals surface area contributed by atoms with Crippen molar-refractivity contribution in [2.75, 3.05) is 11.1 Å². The van der Waals surface area contributed by atoms with Gasteiger partial charge in [-0.05, 0) is 44.7 Å². The highest BCUT2D eigenvalue weighted by molar-refractivity contribution is 7.99. The number of nitrogens with one attached hydrogen (secondary N) is 1. The number of hydrogen-bond donors (Lipinski definition) is 1. The molecule has 0 radical (unpaired) electrons. The molecular formula is C23H32N6O2S2. The van der Waals surface area contributed by atoms with Crippen molar-refractivity contribution in [2.45, 2.75) is 77.6 Å². The predicted octanol–water partition coefficient (Wildman–Crippen LogP) is 5.66. The minimum atomic E-state index is -0.290. The summed E-state index contributed by atoms with van der Waals surface area (Å²) in [5.74, 6) is 2.01.